The van der Waals surface area contributed by atoms with Crippen molar-refractivity contribution in [2.75, 3.05) is 26.2 Å². The minimum atomic E-state index is 0. The van der Waals surface area contributed by atoms with Crippen molar-refractivity contribution in [3.63, 3.8) is 0 Å². The first-order valence-electron chi connectivity index (χ1n) is 10.7. The summed E-state index contributed by atoms with van der Waals surface area (Å²) in [6, 6.07) is 0.697. The van der Waals surface area contributed by atoms with Gasteiger partial charge in [0.15, 0.2) is 0 Å². The molecule has 2 aliphatic heterocycles. The van der Waals surface area contributed by atoms with Crippen LogP contribution in [-0.4, -0.2) is 55.1 Å². The Hall–Kier alpha value is -1.01. The van der Waals surface area contributed by atoms with Crippen LogP contribution in [-0.2, 0) is 4.79 Å². The Kier molecular flexibility index (Phi) is 6.90. The number of carbonyl (C=O) groups excluding carboxylic acids is 2. The van der Waals surface area contributed by atoms with Crippen molar-refractivity contribution in [2.45, 2.75) is 76.3 Å². The van der Waals surface area contributed by atoms with E-state index in [1.54, 1.807) is 0 Å². The number of likely N-dealkylation sites (tertiary alicyclic amines) is 1. The molecule has 0 aromatic heterocycles. The lowest BCUT2D eigenvalue weighted by molar-refractivity contribution is -0.124. The molecule has 0 aromatic carbocycles. The van der Waals surface area contributed by atoms with E-state index in [9.17, 15) is 9.59 Å². The topological polar surface area (TPSA) is 73.5 Å². The Morgan fingerprint density at radius 3 is 2.19 bits per heavy atom. The van der Waals surface area contributed by atoms with E-state index in [-0.39, 0.29) is 36.3 Å². The van der Waals surface area contributed by atoms with Crippen molar-refractivity contribution in [1.29, 1.82) is 0 Å². The highest BCUT2D eigenvalue weighted by Gasteiger charge is 2.57. The zero-order chi connectivity index (χ0) is 18.0. The summed E-state index contributed by atoms with van der Waals surface area (Å²) in [6.45, 7) is 3.61. The molecule has 4 rings (SSSR count). The van der Waals surface area contributed by atoms with E-state index in [0.717, 1.165) is 71.1 Å². The summed E-state index contributed by atoms with van der Waals surface area (Å²) in [5.74, 6) is 0.495. The van der Waals surface area contributed by atoms with E-state index >= 15 is 0 Å². The first kappa shape index (κ1) is 20.7. The van der Waals surface area contributed by atoms with Crippen LogP contribution in [0.25, 0.3) is 0 Å². The van der Waals surface area contributed by atoms with Gasteiger partial charge >= 0.3 is 6.03 Å². The van der Waals surface area contributed by atoms with Gasteiger partial charge in [-0.2, -0.15) is 0 Å². The molecular formula is C20H35ClN4O2. The average Bonchev–Trinajstić information content (AvgIpc) is 3.36. The van der Waals surface area contributed by atoms with Crippen molar-refractivity contribution in [3.05, 3.63) is 0 Å². The van der Waals surface area contributed by atoms with Crippen LogP contribution in [0.3, 0.4) is 0 Å². The van der Waals surface area contributed by atoms with Gasteiger partial charge in [-0.25, -0.2) is 4.79 Å². The quantitative estimate of drug-likeness (QED) is 0.683. The maximum absolute atomic E-state index is 12.6. The lowest BCUT2D eigenvalue weighted by Crippen LogP contribution is -2.51. The summed E-state index contributed by atoms with van der Waals surface area (Å²) in [7, 11) is 0. The van der Waals surface area contributed by atoms with Crippen LogP contribution < -0.4 is 16.0 Å². The van der Waals surface area contributed by atoms with Crippen LogP contribution in [0.1, 0.15) is 64.2 Å². The fourth-order valence-corrected chi connectivity index (χ4v) is 5.24. The van der Waals surface area contributed by atoms with Crippen molar-refractivity contribution in [3.8, 4) is 0 Å². The molecule has 7 heteroatoms. The molecule has 4 fully saturated rings. The Balaban J connectivity index is 0.00000210. The maximum Gasteiger partial charge on any atom is 0.317 e. The molecule has 1 spiro atoms. The van der Waals surface area contributed by atoms with Gasteiger partial charge in [0.05, 0.1) is 0 Å². The molecular weight excluding hydrogens is 364 g/mol. The van der Waals surface area contributed by atoms with Crippen LogP contribution in [0.5, 0.6) is 0 Å². The predicted molar refractivity (Wildman–Crippen MR) is 108 cm³/mol. The number of hydrogen-bond acceptors (Lipinski definition) is 3. The number of hydrogen-bond donors (Lipinski definition) is 3. The second-order valence-corrected chi connectivity index (χ2v) is 8.92. The Morgan fingerprint density at radius 1 is 0.889 bits per heavy atom. The van der Waals surface area contributed by atoms with Crippen LogP contribution in [0.2, 0.25) is 0 Å². The fraction of sp³-hybridized carbons (Fsp3) is 0.900. The number of halogens is 1. The highest BCUT2D eigenvalue weighted by atomic mass is 35.5. The lowest BCUT2D eigenvalue weighted by atomic mass is 9.91. The number of rotatable bonds is 3. The SMILES string of the molecule is Cl.O=C(NC1CCN(C(=O)NC2CCCCC2)CC1)C1CC12CCNCC2. The molecule has 1 atom stereocenters. The Labute approximate surface area is 169 Å². The number of carbonyl (C=O) groups is 2. The highest BCUT2D eigenvalue weighted by Crippen LogP contribution is 2.58. The summed E-state index contributed by atoms with van der Waals surface area (Å²) in [5.41, 5.74) is 0.302. The van der Waals surface area contributed by atoms with E-state index in [2.05, 4.69) is 16.0 Å². The fourth-order valence-electron chi connectivity index (χ4n) is 5.24. The van der Waals surface area contributed by atoms with Crippen LogP contribution in [0.4, 0.5) is 4.79 Å². The molecule has 3 N–H and O–H groups in total. The van der Waals surface area contributed by atoms with E-state index in [1.807, 2.05) is 4.90 Å². The van der Waals surface area contributed by atoms with Crippen LogP contribution in [0.15, 0.2) is 0 Å². The highest BCUT2D eigenvalue weighted by molar-refractivity contribution is 5.85. The van der Waals surface area contributed by atoms with Gasteiger partial charge in [0.2, 0.25) is 5.91 Å². The number of piperidine rings is 2. The summed E-state index contributed by atoms with van der Waals surface area (Å²) in [4.78, 5) is 27.0. The van der Waals surface area contributed by atoms with E-state index in [4.69, 9.17) is 0 Å². The summed E-state index contributed by atoms with van der Waals surface area (Å²) in [6.07, 6.45) is 11.1. The second kappa shape index (κ2) is 8.99. The largest absolute Gasteiger partial charge is 0.353 e. The smallest absolute Gasteiger partial charge is 0.317 e. The van der Waals surface area contributed by atoms with Crippen molar-refractivity contribution < 1.29 is 9.59 Å². The third kappa shape index (κ3) is 4.89. The van der Waals surface area contributed by atoms with Gasteiger partial charge in [0.25, 0.3) is 0 Å². The van der Waals surface area contributed by atoms with Gasteiger partial charge < -0.3 is 20.9 Å². The van der Waals surface area contributed by atoms with E-state index in [1.165, 1.54) is 19.3 Å². The molecule has 2 saturated heterocycles. The first-order valence-corrected chi connectivity index (χ1v) is 10.7. The molecule has 27 heavy (non-hydrogen) atoms. The maximum atomic E-state index is 12.6. The minimum absolute atomic E-state index is 0. The molecule has 0 bridgehead atoms. The number of nitrogens with one attached hydrogen (secondary N) is 3. The summed E-state index contributed by atoms with van der Waals surface area (Å²) < 4.78 is 0. The van der Waals surface area contributed by atoms with Crippen molar-refractivity contribution in [1.82, 2.24) is 20.9 Å². The molecule has 6 nitrogen and oxygen atoms in total. The molecule has 154 valence electrons. The van der Waals surface area contributed by atoms with Gasteiger partial charge in [-0.05, 0) is 63.5 Å². The predicted octanol–water partition coefficient (Wildman–Crippen LogP) is 2.42. The number of amides is 3. The van der Waals surface area contributed by atoms with Gasteiger partial charge in [-0.1, -0.05) is 19.3 Å². The first-order chi connectivity index (χ1) is 12.7. The normalized spacial score (nSPS) is 28.3. The molecule has 0 radical (unpaired) electrons. The van der Waals surface area contributed by atoms with Crippen LogP contribution >= 0.6 is 12.4 Å². The average molecular weight is 399 g/mol. The Bertz CT molecular complexity index is 524. The van der Waals surface area contributed by atoms with E-state index in [0.29, 0.717) is 11.5 Å². The van der Waals surface area contributed by atoms with Gasteiger partial charge in [-0.3, -0.25) is 4.79 Å². The zero-order valence-corrected chi connectivity index (χ0v) is 17.1. The third-order valence-electron chi connectivity index (χ3n) is 7.17. The molecule has 1 unspecified atom stereocenters. The molecule has 2 heterocycles. The number of nitrogens with zero attached hydrogens (tertiary/aromatic N) is 1. The second-order valence-electron chi connectivity index (χ2n) is 8.92. The van der Waals surface area contributed by atoms with Crippen molar-refractivity contribution in [2.24, 2.45) is 11.3 Å². The minimum Gasteiger partial charge on any atom is -0.353 e. The van der Waals surface area contributed by atoms with Crippen molar-refractivity contribution >= 4 is 24.3 Å². The number of urea groups is 1. The molecule has 4 aliphatic rings. The van der Waals surface area contributed by atoms with Gasteiger partial charge in [-0.15, -0.1) is 12.4 Å². The zero-order valence-electron chi connectivity index (χ0n) is 16.3. The molecule has 3 amide bonds. The van der Waals surface area contributed by atoms with Gasteiger partial charge in [0, 0.05) is 31.1 Å². The Morgan fingerprint density at radius 2 is 1.52 bits per heavy atom. The van der Waals surface area contributed by atoms with Gasteiger partial charge in [0.1, 0.15) is 0 Å². The molecule has 2 aliphatic carbocycles. The lowest BCUT2D eigenvalue weighted by Gasteiger charge is -2.34. The summed E-state index contributed by atoms with van der Waals surface area (Å²) >= 11 is 0. The third-order valence-corrected chi connectivity index (χ3v) is 7.17. The monoisotopic (exact) mass is 398 g/mol. The van der Waals surface area contributed by atoms with Crippen LogP contribution in [0, 0.1) is 11.3 Å². The van der Waals surface area contributed by atoms with E-state index < -0.39 is 0 Å². The summed E-state index contributed by atoms with van der Waals surface area (Å²) in [5, 5.41) is 9.87. The molecule has 2 saturated carbocycles. The standard InChI is InChI=1S/C20H34N4O2.ClH/c25-18(17-14-20(17)8-10-21-11-9-20)22-16-6-12-24(13-7-16)19(26)23-15-4-2-1-3-5-15;/h15-17,21H,1-14H2,(H,22,25)(H,23,26);1H. The molecule has 0 aromatic rings.